The van der Waals surface area contributed by atoms with Gasteiger partial charge in [-0.05, 0) is 24.6 Å². The van der Waals surface area contributed by atoms with Gasteiger partial charge in [0.05, 0.1) is 18.9 Å². The number of aryl methyl sites for hydroxylation is 1. The molecule has 14 heavy (non-hydrogen) atoms. The van der Waals surface area contributed by atoms with Crippen molar-refractivity contribution in [3.8, 4) is 0 Å². The summed E-state index contributed by atoms with van der Waals surface area (Å²) in [7, 11) is 0. The lowest BCUT2D eigenvalue weighted by molar-refractivity contribution is 0.0336. The molecule has 1 fully saturated rings. The second-order valence-corrected chi connectivity index (χ2v) is 3.71. The molecule has 0 amide bonds. The van der Waals surface area contributed by atoms with Gasteiger partial charge in [0.1, 0.15) is 0 Å². The highest BCUT2D eigenvalue weighted by molar-refractivity contribution is 5.14. The van der Waals surface area contributed by atoms with Crippen LogP contribution in [-0.4, -0.2) is 36.2 Å². The highest BCUT2D eigenvalue weighted by Crippen LogP contribution is 2.06. The van der Waals surface area contributed by atoms with E-state index in [-0.39, 0.29) is 0 Å². The summed E-state index contributed by atoms with van der Waals surface area (Å²) in [5.41, 5.74) is 2.44. The summed E-state index contributed by atoms with van der Waals surface area (Å²) in [6.07, 6.45) is 1.88. The van der Waals surface area contributed by atoms with E-state index in [1.807, 2.05) is 12.3 Å². The summed E-state index contributed by atoms with van der Waals surface area (Å²) in [4.78, 5) is 6.73. The Balaban J connectivity index is 1.95. The predicted molar refractivity (Wildman–Crippen MR) is 55.1 cm³/mol. The van der Waals surface area contributed by atoms with Crippen molar-refractivity contribution in [1.29, 1.82) is 0 Å². The van der Waals surface area contributed by atoms with Crippen molar-refractivity contribution in [1.82, 2.24) is 9.88 Å². The normalized spacial score (nSPS) is 18.4. The molecule has 1 aromatic heterocycles. The van der Waals surface area contributed by atoms with Crippen LogP contribution >= 0.6 is 0 Å². The van der Waals surface area contributed by atoms with Gasteiger partial charge in [0, 0.05) is 25.8 Å². The minimum Gasteiger partial charge on any atom is -0.379 e. The highest BCUT2D eigenvalue weighted by Gasteiger charge is 2.10. The van der Waals surface area contributed by atoms with Crippen molar-refractivity contribution in [3.05, 3.63) is 29.6 Å². The van der Waals surface area contributed by atoms with Crippen molar-refractivity contribution in [3.63, 3.8) is 0 Å². The van der Waals surface area contributed by atoms with Crippen LogP contribution in [0.4, 0.5) is 0 Å². The third-order valence-corrected chi connectivity index (χ3v) is 2.46. The Labute approximate surface area is 84.7 Å². The summed E-state index contributed by atoms with van der Waals surface area (Å²) in [6.45, 7) is 6.80. The first kappa shape index (κ1) is 9.62. The highest BCUT2D eigenvalue weighted by atomic mass is 16.5. The first-order chi connectivity index (χ1) is 6.84. The van der Waals surface area contributed by atoms with Crippen molar-refractivity contribution in [2.45, 2.75) is 13.5 Å². The van der Waals surface area contributed by atoms with E-state index in [2.05, 4.69) is 22.9 Å². The molecule has 0 N–H and O–H groups in total. The number of rotatable bonds is 2. The average molecular weight is 192 g/mol. The molecule has 0 radical (unpaired) electrons. The van der Waals surface area contributed by atoms with Crippen molar-refractivity contribution >= 4 is 0 Å². The molecule has 1 aliphatic heterocycles. The van der Waals surface area contributed by atoms with Gasteiger partial charge >= 0.3 is 0 Å². The molecule has 2 rings (SSSR count). The third-order valence-electron chi connectivity index (χ3n) is 2.46. The van der Waals surface area contributed by atoms with Gasteiger partial charge in [-0.2, -0.15) is 0 Å². The smallest absolute Gasteiger partial charge is 0.0594 e. The number of ether oxygens (including phenoxy) is 1. The van der Waals surface area contributed by atoms with E-state index in [0.717, 1.165) is 38.5 Å². The molecule has 76 valence electrons. The van der Waals surface area contributed by atoms with Gasteiger partial charge in [0.25, 0.3) is 0 Å². The number of aromatic nitrogens is 1. The number of hydrogen-bond acceptors (Lipinski definition) is 3. The molecule has 0 aliphatic carbocycles. The molecule has 3 heteroatoms. The standard InChI is InChI=1S/C11H16N2O/c1-10-2-3-12-11(8-10)9-13-4-6-14-7-5-13/h2-3,8H,4-7,9H2,1H3. The van der Waals surface area contributed by atoms with Crippen LogP contribution in [0, 0.1) is 6.92 Å². The zero-order chi connectivity index (χ0) is 9.80. The van der Waals surface area contributed by atoms with E-state index in [9.17, 15) is 0 Å². The van der Waals surface area contributed by atoms with Crippen LogP contribution in [0.1, 0.15) is 11.3 Å². The fraction of sp³-hybridized carbons (Fsp3) is 0.545. The van der Waals surface area contributed by atoms with E-state index in [1.165, 1.54) is 5.56 Å². The molecule has 3 nitrogen and oxygen atoms in total. The molecule has 2 heterocycles. The largest absolute Gasteiger partial charge is 0.379 e. The zero-order valence-electron chi connectivity index (χ0n) is 8.57. The van der Waals surface area contributed by atoms with Gasteiger partial charge in [-0.1, -0.05) is 0 Å². The summed E-state index contributed by atoms with van der Waals surface area (Å²) in [5, 5.41) is 0. The van der Waals surface area contributed by atoms with E-state index in [0.29, 0.717) is 0 Å². The van der Waals surface area contributed by atoms with Gasteiger partial charge in [-0.3, -0.25) is 9.88 Å². The predicted octanol–water partition coefficient (Wildman–Crippen LogP) is 1.22. The Hall–Kier alpha value is -0.930. The third kappa shape index (κ3) is 2.53. The Kier molecular flexibility index (Phi) is 3.11. The van der Waals surface area contributed by atoms with E-state index >= 15 is 0 Å². The van der Waals surface area contributed by atoms with E-state index < -0.39 is 0 Å². The number of morpholine rings is 1. The lowest BCUT2D eigenvalue weighted by Crippen LogP contribution is -2.35. The molecule has 0 bridgehead atoms. The summed E-state index contributed by atoms with van der Waals surface area (Å²) >= 11 is 0. The molecule has 0 atom stereocenters. The molecule has 0 saturated carbocycles. The van der Waals surface area contributed by atoms with Gasteiger partial charge in [0.15, 0.2) is 0 Å². The maximum Gasteiger partial charge on any atom is 0.0594 e. The molecule has 0 aromatic carbocycles. The first-order valence-corrected chi connectivity index (χ1v) is 5.06. The Morgan fingerprint density at radius 3 is 2.93 bits per heavy atom. The second kappa shape index (κ2) is 4.53. The topological polar surface area (TPSA) is 25.4 Å². The number of nitrogens with zero attached hydrogens (tertiary/aromatic N) is 2. The van der Waals surface area contributed by atoms with Gasteiger partial charge < -0.3 is 4.74 Å². The fourth-order valence-electron chi connectivity index (χ4n) is 1.67. The minimum atomic E-state index is 0.853. The SMILES string of the molecule is Cc1ccnc(CN2CCOCC2)c1. The van der Waals surface area contributed by atoms with Crippen LogP contribution in [0.15, 0.2) is 18.3 Å². The van der Waals surface area contributed by atoms with Gasteiger partial charge in [0.2, 0.25) is 0 Å². The van der Waals surface area contributed by atoms with Gasteiger partial charge in [-0.15, -0.1) is 0 Å². The van der Waals surface area contributed by atoms with Crippen LogP contribution in [0.3, 0.4) is 0 Å². The zero-order valence-corrected chi connectivity index (χ0v) is 8.57. The summed E-state index contributed by atoms with van der Waals surface area (Å²) < 4.78 is 5.30. The van der Waals surface area contributed by atoms with Gasteiger partial charge in [-0.25, -0.2) is 0 Å². The maximum atomic E-state index is 5.30. The van der Waals surface area contributed by atoms with Crippen LogP contribution in [-0.2, 0) is 11.3 Å². The molecular weight excluding hydrogens is 176 g/mol. The average Bonchev–Trinajstić information content (AvgIpc) is 2.19. The fourth-order valence-corrected chi connectivity index (χ4v) is 1.67. The van der Waals surface area contributed by atoms with Crippen LogP contribution in [0.25, 0.3) is 0 Å². The molecule has 1 aromatic rings. The second-order valence-electron chi connectivity index (χ2n) is 3.71. The van der Waals surface area contributed by atoms with Crippen LogP contribution < -0.4 is 0 Å². The maximum absolute atomic E-state index is 5.30. The molecular formula is C11H16N2O. The molecule has 1 saturated heterocycles. The Morgan fingerprint density at radius 2 is 2.21 bits per heavy atom. The van der Waals surface area contributed by atoms with Crippen LogP contribution in [0.2, 0.25) is 0 Å². The lowest BCUT2D eigenvalue weighted by atomic mass is 10.2. The van der Waals surface area contributed by atoms with Crippen molar-refractivity contribution in [2.24, 2.45) is 0 Å². The Morgan fingerprint density at radius 1 is 1.43 bits per heavy atom. The number of pyridine rings is 1. The van der Waals surface area contributed by atoms with E-state index in [4.69, 9.17) is 4.74 Å². The summed E-state index contributed by atoms with van der Waals surface area (Å²) in [5.74, 6) is 0. The van der Waals surface area contributed by atoms with Crippen LogP contribution in [0.5, 0.6) is 0 Å². The first-order valence-electron chi connectivity index (χ1n) is 5.06. The lowest BCUT2D eigenvalue weighted by Gasteiger charge is -2.26. The molecule has 0 spiro atoms. The molecule has 0 unspecified atom stereocenters. The summed E-state index contributed by atoms with van der Waals surface area (Å²) in [6, 6.07) is 4.18. The molecule has 1 aliphatic rings. The number of hydrogen-bond donors (Lipinski definition) is 0. The monoisotopic (exact) mass is 192 g/mol. The van der Waals surface area contributed by atoms with Crippen molar-refractivity contribution in [2.75, 3.05) is 26.3 Å². The van der Waals surface area contributed by atoms with Crippen molar-refractivity contribution < 1.29 is 4.74 Å². The van der Waals surface area contributed by atoms with E-state index in [1.54, 1.807) is 0 Å². The quantitative estimate of drug-likeness (QED) is 0.704. The Bertz CT molecular complexity index is 295. The minimum absolute atomic E-state index is 0.853.